The first-order valence-electron chi connectivity index (χ1n) is 4.54. The molecule has 1 aromatic rings. The Labute approximate surface area is 72.4 Å². The summed E-state index contributed by atoms with van der Waals surface area (Å²) in [5.74, 6) is 0.626. The van der Waals surface area contributed by atoms with Crippen LogP contribution in [0.1, 0.15) is 36.9 Å². The lowest BCUT2D eigenvalue weighted by molar-refractivity contribution is -0.613. The van der Waals surface area contributed by atoms with Crippen molar-refractivity contribution < 1.29 is 4.73 Å². The summed E-state index contributed by atoms with van der Waals surface area (Å²) in [4.78, 5) is 0. The van der Waals surface area contributed by atoms with Crippen molar-refractivity contribution in [3.63, 3.8) is 0 Å². The fourth-order valence-corrected chi connectivity index (χ4v) is 2.06. The zero-order valence-electron chi connectivity index (χ0n) is 7.29. The molecule has 0 saturated heterocycles. The van der Waals surface area contributed by atoms with Gasteiger partial charge in [-0.05, 0) is 24.8 Å². The molecular formula is C10H13NO. The summed E-state index contributed by atoms with van der Waals surface area (Å²) in [6.45, 7) is 2.18. The average molecular weight is 163 g/mol. The van der Waals surface area contributed by atoms with E-state index in [-0.39, 0.29) is 0 Å². The molecule has 0 N–H and O–H groups in total. The molecule has 0 bridgehead atoms. The topological polar surface area (TPSA) is 26.9 Å². The second-order valence-electron chi connectivity index (χ2n) is 3.38. The van der Waals surface area contributed by atoms with E-state index < -0.39 is 0 Å². The van der Waals surface area contributed by atoms with Gasteiger partial charge in [-0.3, -0.25) is 0 Å². The molecule has 2 heteroatoms. The van der Waals surface area contributed by atoms with Crippen molar-refractivity contribution in [1.82, 2.24) is 0 Å². The van der Waals surface area contributed by atoms with Crippen LogP contribution in [0, 0.1) is 5.21 Å². The molecular weight excluding hydrogens is 150 g/mol. The highest BCUT2D eigenvalue weighted by atomic mass is 16.5. The Bertz CT molecular complexity index is 296. The van der Waals surface area contributed by atoms with Crippen LogP contribution >= 0.6 is 0 Å². The third-order valence-corrected chi connectivity index (χ3v) is 2.76. The monoisotopic (exact) mass is 163 g/mol. The average Bonchev–Trinajstić information content (AvgIpc) is 2.49. The fourth-order valence-electron chi connectivity index (χ4n) is 2.06. The molecule has 1 aliphatic rings. The van der Waals surface area contributed by atoms with Crippen molar-refractivity contribution in [3.8, 4) is 0 Å². The summed E-state index contributed by atoms with van der Waals surface area (Å²) < 4.78 is 1.02. The molecule has 12 heavy (non-hydrogen) atoms. The lowest BCUT2D eigenvalue weighted by Crippen LogP contribution is -2.30. The third-order valence-electron chi connectivity index (χ3n) is 2.76. The van der Waals surface area contributed by atoms with Gasteiger partial charge < -0.3 is 5.21 Å². The first-order valence-corrected chi connectivity index (χ1v) is 4.54. The highest BCUT2D eigenvalue weighted by Crippen LogP contribution is 2.32. The zero-order chi connectivity index (χ0) is 8.55. The molecule has 1 heterocycles. The van der Waals surface area contributed by atoms with Crippen molar-refractivity contribution >= 4 is 0 Å². The molecule has 64 valence electrons. The van der Waals surface area contributed by atoms with Gasteiger partial charge >= 0.3 is 0 Å². The second-order valence-corrected chi connectivity index (χ2v) is 3.38. The maximum atomic E-state index is 11.3. The number of rotatable bonds is 1. The summed E-state index contributed by atoms with van der Waals surface area (Å²) in [5.41, 5.74) is 2.26. The predicted octanol–water partition coefficient (Wildman–Crippen LogP) is 1.76. The van der Waals surface area contributed by atoms with Crippen LogP contribution in [-0.4, -0.2) is 0 Å². The van der Waals surface area contributed by atoms with E-state index in [1.165, 1.54) is 5.56 Å². The van der Waals surface area contributed by atoms with Gasteiger partial charge in [0.25, 0.3) is 0 Å². The van der Waals surface area contributed by atoms with Crippen molar-refractivity contribution in [2.45, 2.75) is 32.1 Å². The van der Waals surface area contributed by atoms with E-state index in [1.54, 1.807) is 6.20 Å². The van der Waals surface area contributed by atoms with E-state index in [0.29, 0.717) is 5.92 Å². The summed E-state index contributed by atoms with van der Waals surface area (Å²) in [6.07, 6.45) is 4.85. The molecule has 0 spiro atoms. The van der Waals surface area contributed by atoms with E-state index in [9.17, 15) is 5.21 Å². The lowest BCUT2D eigenvalue weighted by atomic mass is 10.0. The minimum atomic E-state index is 0.626. The summed E-state index contributed by atoms with van der Waals surface area (Å²) in [6, 6.07) is 3.94. The normalized spacial score (nSPS) is 20.9. The van der Waals surface area contributed by atoms with Crippen LogP contribution in [0.2, 0.25) is 0 Å². The first kappa shape index (κ1) is 7.59. The molecule has 0 aliphatic heterocycles. The molecule has 0 saturated carbocycles. The maximum Gasteiger partial charge on any atom is 0.196 e. The van der Waals surface area contributed by atoms with E-state index in [0.717, 1.165) is 29.7 Å². The number of aromatic nitrogens is 1. The van der Waals surface area contributed by atoms with Crippen LogP contribution in [0.15, 0.2) is 18.3 Å². The molecule has 1 unspecified atom stereocenters. The third kappa shape index (κ3) is 0.986. The molecule has 0 aromatic carbocycles. The largest absolute Gasteiger partial charge is 0.618 e. The van der Waals surface area contributed by atoms with Crippen LogP contribution in [0.4, 0.5) is 0 Å². The number of hydrogen-bond donors (Lipinski definition) is 0. The van der Waals surface area contributed by atoms with E-state index >= 15 is 0 Å². The van der Waals surface area contributed by atoms with E-state index in [2.05, 4.69) is 13.0 Å². The van der Waals surface area contributed by atoms with Crippen molar-refractivity contribution in [1.29, 1.82) is 0 Å². The SMILES string of the molecule is CCC1CCc2c1ccc[n+]2[O-]. The Morgan fingerprint density at radius 1 is 1.67 bits per heavy atom. The fraction of sp³-hybridized carbons (Fsp3) is 0.500. The Kier molecular flexibility index (Phi) is 1.75. The number of hydrogen-bond acceptors (Lipinski definition) is 1. The molecule has 1 aromatic heterocycles. The van der Waals surface area contributed by atoms with E-state index in [4.69, 9.17) is 0 Å². The second kappa shape index (κ2) is 2.77. The number of fused-ring (bicyclic) bond motifs is 1. The molecule has 1 aliphatic carbocycles. The maximum absolute atomic E-state index is 11.3. The van der Waals surface area contributed by atoms with Gasteiger partial charge in [0.05, 0.1) is 0 Å². The van der Waals surface area contributed by atoms with Crippen LogP contribution in [-0.2, 0) is 6.42 Å². The van der Waals surface area contributed by atoms with Gasteiger partial charge in [0.15, 0.2) is 11.9 Å². The summed E-state index contributed by atoms with van der Waals surface area (Å²) >= 11 is 0. The highest BCUT2D eigenvalue weighted by molar-refractivity contribution is 5.25. The van der Waals surface area contributed by atoms with Gasteiger partial charge in [-0.15, -0.1) is 0 Å². The Hall–Kier alpha value is -1.05. The Morgan fingerprint density at radius 2 is 2.50 bits per heavy atom. The van der Waals surface area contributed by atoms with Gasteiger partial charge in [-0.25, -0.2) is 0 Å². The van der Waals surface area contributed by atoms with Gasteiger partial charge in [-0.2, -0.15) is 4.73 Å². The molecule has 0 radical (unpaired) electrons. The molecule has 0 amide bonds. The van der Waals surface area contributed by atoms with Gasteiger partial charge in [0.2, 0.25) is 0 Å². The smallest absolute Gasteiger partial charge is 0.196 e. The van der Waals surface area contributed by atoms with Gasteiger partial charge in [0.1, 0.15) is 0 Å². The molecule has 1 atom stereocenters. The van der Waals surface area contributed by atoms with Crippen LogP contribution in [0.25, 0.3) is 0 Å². The first-order chi connectivity index (χ1) is 5.83. The van der Waals surface area contributed by atoms with E-state index in [1.807, 2.05) is 6.07 Å². The Balaban J connectivity index is 2.46. The molecule has 0 fully saturated rings. The van der Waals surface area contributed by atoms with Crippen molar-refractivity contribution in [2.75, 3.05) is 0 Å². The molecule has 2 nitrogen and oxygen atoms in total. The highest BCUT2D eigenvalue weighted by Gasteiger charge is 2.26. The quantitative estimate of drug-likeness (QED) is 0.457. The van der Waals surface area contributed by atoms with Crippen LogP contribution < -0.4 is 4.73 Å². The lowest BCUT2D eigenvalue weighted by Gasteiger charge is -2.06. The summed E-state index contributed by atoms with van der Waals surface area (Å²) in [5, 5.41) is 11.3. The van der Waals surface area contributed by atoms with Crippen molar-refractivity contribution in [2.24, 2.45) is 0 Å². The van der Waals surface area contributed by atoms with Gasteiger partial charge in [-0.1, -0.05) is 6.92 Å². The van der Waals surface area contributed by atoms with Crippen LogP contribution in [0.5, 0.6) is 0 Å². The zero-order valence-corrected chi connectivity index (χ0v) is 7.29. The minimum absolute atomic E-state index is 0.626. The number of nitrogens with zero attached hydrogens (tertiary/aromatic N) is 1. The summed E-state index contributed by atoms with van der Waals surface area (Å²) in [7, 11) is 0. The number of pyridine rings is 1. The standard InChI is InChI=1S/C10H13NO/c1-2-8-5-6-10-9(8)4-3-7-11(10)12/h3-4,7-8H,2,5-6H2,1H3. The molecule has 2 rings (SSSR count). The minimum Gasteiger partial charge on any atom is -0.618 e. The van der Waals surface area contributed by atoms with Gasteiger partial charge in [0, 0.05) is 18.1 Å². The predicted molar refractivity (Wildman–Crippen MR) is 46.8 cm³/mol. The van der Waals surface area contributed by atoms with Crippen molar-refractivity contribution in [3.05, 3.63) is 34.8 Å². The van der Waals surface area contributed by atoms with Crippen LogP contribution in [0.3, 0.4) is 0 Å². The Morgan fingerprint density at radius 3 is 3.25 bits per heavy atom.